The second kappa shape index (κ2) is 7.11. The molecule has 0 amide bonds. The average molecular weight is 265 g/mol. The van der Waals surface area contributed by atoms with E-state index in [1.807, 2.05) is 0 Å². The van der Waals surface area contributed by atoms with E-state index in [0.717, 1.165) is 18.9 Å². The minimum atomic E-state index is 0.382. The molecule has 2 rings (SSSR count). The van der Waals surface area contributed by atoms with E-state index >= 15 is 0 Å². The second-order valence-corrected chi connectivity index (χ2v) is 4.88. The van der Waals surface area contributed by atoms with Gasteiger partial charge in [-0.05, 0) is 18.8 Å². The zero-order valence-electron chi connectivity index (χ0n) is 11.8. The minimum Gasteiger partial charge on any atom is -0.463 e. The first-order chi connectivity index (χ1) is 9.31. The Morgan fingerprint density at radius 1 is 1.21 bits per heavy atom. The van der Waals surface area contributed by atoms with Gasteiger partial charge in [0.15, 0.2) is 0 Å². The summed E-state index contributed by atoms with van der Waals surface area (Å²) in [5, 5.41) is 6.18. The Morgan fingerprint density at radius 2 is 2.00 bits per heavy atom. The van der Waals surface area contributed by atoms with Gasteiger partial charge in [-0.15, -0.1) is 0 Å². The third kappa shape index (κ3) is 4.22. The summed E-state index contributed by atoms with van der Waals surface area (Å²) in [6.45, 7) is 3.58. The normalized spacial score (nSPS) is 14.8. The van der Waals surface area contributed by atoms with Gasteiger partial charge in [-0.2, -0.15) is 15.0 Å². The number of hydrogen-bond acceptors (Lipinski definition) is 6. The molecule has 0 aromatic carbocycles. The third-order valence-electron chi connectivity index (χ3n) is 3.33. The van der Waals surface area contributed by atoms with Crippen molar-refractivity contribution >= 4 is 11.9 Å². The van der Waals surface area contributed by atoms with E-state index in [2.05, 4.69) is 32.5 Å². The first kappa shape index (κ1) is 13.8. The molecule has 0 radical (unpaired) electrons. The quantitative estimate of drug-likeness (QED) is 0.751. The molecule has 6 heteroatoms. The van der Waals surface area contributed by atoms with Gasteiger partial charge in [0, 0.05) is 13.6 Å². The SMILES string of the molecule is CCCOc1nc(NC)nc(NCCC2CCC2)n1. The van der Waals surface area contributed by atoms with Crippen molar-refractivity contribution < 1.29 is 4.74 Å². The molecule has 0 bridgehead atoms. The maximum absolute atomic E-state index is 5.46. The molecule has 0 atom stereocenters. The van der Waals surface area contributed by atoms with Crippen LogP contribution in [0.2, 0.25) is 0 Å². The molecule has 1 fully saturated rings. The van der Waals surface area contributed by atoms with Gasteiger partial charge >= 0.3 is 6.01 Å². The van der Waals surface area contributed by atoms with Crippen molar-refractivity contribution in [3.05, 3.63) is 0 Å². The van der Waals surface area contributed by atoms with Gasteiger partial charge in [0.05, 0.1) is 6.61 Å². The van der Waals surface area contributed by atoms with E-state index in [9.17, 15) is 0 Å². The Balaban J connectivity index is 1.89. The molecular formula is C13H23N5O. The lowest BCUT2D eigenvalue weighted by molar-refractivity contribution is 0.291. The summed E-state index contributed by atoms with van der Waals surface area (Å²) in [4.78, 5) is 12.7. The van der Waals surface area contributed by atoms with Gasteiger partial charge in [0.1, 0.15) is 0 Å². The zero-order chi connectivity index (χ0) is 13.5. The van der Waals surface area contributed by atoms with Crippen LogP contribution < -0.4 is 15.4 Å². The van der Waals surface area contributed by atoms with E-state index in [1.165, 1.54) is 25.7 Å². The third-order valence-corrected chi connectivity index (χ3v) is 3.33. The van der Waals surface area contributed by atoms with E-state index in [4.69, 9.17) is 4.74 Å². The molecular weight excluding hydrogens is 242 g/mol. The monoisotopic (exact) mass is 265 g/mol. The predicted octanol–water partition coefficient (Wildman–Crippen LogP) is 2.30. The summed E-state index contributed by atoms with van der Waals surface area (Å²) in [5.41, 5.74) is 0. The number of aromatic nitrogens is 3. The smallest absolute Gasteiger partial charge is 0.323 e. The van der Waals surface area contributed by atoms with Crippen LogP contribution in [0, 0.1) is 5.92 Å². The highest BCUT2D eigenvalue weighted by Gasteiger charge is 2.16. The minimum absolute atomic E-state index is 0.382. The van der Waals surface area contributed by atoms with Gasteiger partial charge in [-0.3, -0.25) is 0 Å². The van der Waals surface area contributed by atoms with Crippen LogP contribution in [0.4, 0.5) is 11.9 Å². The van der Waals surface area contributed by atoms with E-state index in [-0.39, 0.29) is 0 Å². The number of ether oxygens (including phenoxy) is 1. The van der Waals surface area contributed by atoms with Crippen molar-refractivity contribution in [2.45, 2.75) is 39.0 Å². The van der Waals surface area contributed by atoms with Gasteiger partial charge < -0.3 is 15.4 Å². The fourth-order valence-corrected chi connectivity index (χ4v) is 1.97. The van der Waals surface area contributed by atoms with E-state index < -0.39 is 0 Å². The highest BCUT2D eigenvalue weighted by molar-refractivity contribution is 5.35. The Hall–Kier alpha value is -1.59. The molecule has 0 saturated heterocycles. The molecule has 0 aliphatic heterocycles. The zero-order valence-corrected chi connectivity index (χ0v) is 11.8. The second-order valence-electron chi connectivity index (χ2n) is 4.88. The van der Waals surface area contributed by atoms with Crippen LogP contribution in [0.3, 0.4) is 0 Å². The molecule has 2 N–H and O–H groups in total. The van der Waals surface area contributed by atoms with Crippen molar-refractivity contribution in [3.8, 4) is 6.01 Å². The standard InChI is InChI=1S/C13H23N5O/c1-3-9-19-13-17-11(14-2)16-12(18-13)15-8-7-10-5-4-6-10/h10H,3-9H2,1-2H3,(H2,14,15,16,17,18). The first-order valence-corrected chi connectivity index (χ1v) is 7.12. The first-order valence-electron chi connectivity index (χ1n) is 7.12. The Morgan fingerprint density at radius 3 is 2.63 bits per heavy atom. The molecule has 6 nitrogen and oxygen atoms in total. The van der Waals surface area contributed by atoms with Gasteiger partial charge in [0.25, 0.3) is 0 Å². The highest BCUT2D eigenvalue weighted by atomic mass is 16.5. The molecule has 1 aromatic rings. The summed E-state index contributed by atoms with van der Waals surface area (Å²) < 4.78 is 5.46. The molecule has 1 heterocycles. The molecule has 0 unspecified atom stereocenters. The molecule has 1 aliphatic rings. The van der Waals surface area contributed by atoms with E-state index in [0.29, 0.717) is 24.5 Å². The lowest BCUT2D eigenvalue weighted by Gasteiger charge is -2.25. The maximum atomic E-state index is 5.46. The van der Waals surface area contributed by atoms with Crippen LogP contribution in [-0.2, 0) is 0 Å². The summed E-state index contributed by atoms with van der Waals surface area (Å²) in [7, 11) is 1.79. The number of hydrogen-bond donors (Lipinski definition) is 2. The predicted molar refractivity (Wildman–Crippen MR) is 75.6 cm³/mol. The summed E-state index contributed by atoms with van der Waals surface area (Å²) in [5.74, 6) is 2.01. The molecule has 0 spiro atoms. The van der Waals surface area contributed by atoms with Crippen molar-refractivity contribution in [2.24, 2.45) is 5.92 Å². The van der Waals surface area contributed by atoms with Crippen LogP contribution in [-0.4, -0.2) is 35.2 Å². The molecule has 1 saturated carbocycles. The van der Waals surface area contributed by atoms with E-state index in [1.54, 1.807) is 7.05 Å². The van der Waals surface area contributed by atoms with Crippen LogP contribution in [0.1, 0.15) is 39.0 Å². The molecule has 19 heavy (non-hydrogen) atoms. The highest BCUT2D eigenvalue weighted by Crippen LogP contribution is 2.29. The topological polar surface area (TPSA) is 72.0 Å². The molecule has 106 valence electrons. The lowest BCUT2D eigenvalue weighted by Crippen LogP contribution is -2.17. The molecule has 1 aromatic heterocycles. The maximum Gasteiger partial charge on any atom is 0.323 e. The van der Waals surface area contributed by atoms with Gasteiger partial charge in [0.2, 0.25) is 11.9 Å². The van der Waals surface area contributed by atoms with Crippen molar-refractivity contribution in [3.63, 3.8) is 0 Å². The van der Waals surface area contributed by atoms with Crippen LogP contribution in [0.25, 0.3) is 0 Å². The lowest BCUT2D eigenvalue weighted by atomic mass is 9.83. The van der Waals surface area contributed by atoms with Crippen LogP contribution in [0.5, 0.6) is 6.01 Å². The fraction of sp³-hybridized carbons (Fsp3) is 0.769. The number of nitrogens with one attached hydrogen (secondary N) is 2. The summed E-state index contributed by atoms with van der Waals surface area (Å²) in [6, 6.07) is 0.382. The van der Waals surface area contributed by atoms with Crippen LogP contribution >= 0.6 is 0 Å². The van der Waals surface area contributed by atoms with Crippen molar-refractivity contribution in [1.82, 2.24) is 15.0 Å². The number of nitrogens with zero attached hydrogens (tertiary/aromatic N) is 3. The van der Waals surface area contributed by atoms with Crippen molar-refractivity contribution in [1.29, 1.82) is 0 Å². The average Bonchev–Trinajstić information content (AvgIpc) is 2.39. The van der Waals surface area contributed by atoms with Crippen LogP contribution in [0.15, 0.2) is 0 Å². The Bertz CT molecular complexity index is 395. The number of anilines is 2. The fourth-order valence-electron chi connectivity index (χ4n) is 1.97. The van der Waals surface area contributed by atoms with Gasteiger partial charge in [-0.25, -0.2) is 0 Å². The number of rotatable bonds is 8. The summed E-state index contributed by atoms with van der Waals surface area (Å²) in [6.07, 6.45) is 6.24. The van der Waals surface area contributed by atoms with Crippen molar-refractivity contribution in [2.75, 3.05) is 30.8 Å². The Labute approximate surface area is 114 Å². The summed E-state index contributed by atoms with van der Waals surface area (Å²) >= 11 is 0. The Kier molecular flexibility index (Phi) is 5.18. The molecule has 1 aliphatic carbocycles. The van der Waals surface area contributed by atoms with Gasteiger partial charge in [-0.1, -0.05) is 26.2 Å². The largest absolute Gasteiger partial charge is 0.463 e.